The highest BCUT2D eigenvalue weighted by atomic mass is 35.5. The summed E-state index contributed by atoms with van der Waals surface area (Å²) in [6.45, 7) is 3.54. The number of likely N-dealkylation sites (tertiary alicyclic amines) is 1. The van der Waals surface area contributed by atoms with Crippen molar-refractivity contribution in [3.63, 3.8) is 0 Å². The van der Waals surface area contributed by atoms with Crippen LogP contribution in [0.2, 0.25) is 5.02 Å². The molecule has 0 radical (unpaired) electrons. The van der Waals surface area contributed by atoms with E-state index in [1.165, 1.54) is 4.90 Å². The van der Waals surface area contributed by atoms with Gasteiger partial charge in [0.15, 0.2) is 0 Å². The number of rotatable bonds is 4. The normalized spacial score (nSPS) is 24.5. The van der Waals surface area contributed by atoms with Crippen molar-refractivity contribution in [3.05, 3.63) is 35.2 Å². The van der Waals surface area contributed by atoms with E-state index in [0.717, 1.165) is 25.3 Å². The third-order valence-corrected chi connectivity index (χ3v) is 6.77. The molecule has 1 aliphatic heterocycles. The Morgan fingerprint density at radius 2 is 1.93 bits per heavy atom. The van der Waals surface area contributed by atoms with Crippen molar-refractivity contribution in [2.45, 2.75) is 44.7 Å². The van der Waals surface area contributed by atoms with Gasteiger partial charge in [-0.3, -0.25) is 4.79 Å². The molecule has 1 amide bonds. The van der Waals surface area contributed by atoms with Gasteiger partial charge in [-0.05, 0) is 62.3 Å². The summed E-state index contributed by atoms with van der Waals surface area (Å²) in [5.74, 6) is -1.60. The van der Waals surface area contributed by atoms with Gasteiger partial charge in [-0.15, -0.1) is 10.2 Å². The van der Waals surface area contributed by atoms with E-state index in [2.05, 4.69) is 10.2 Å². The van der Waals surface area contributed by atoms with Gasteiger partial charge in [-0.2, -0.15) is 13.2 Å². The summed E-state index contributed by atoms with van der Waals surface area (Å²) < 4.78 is 44.8. The maximum absolute atomic E-state index is 12.9. The highest BCUT2D eigenvalue weighted by Gasteiger charge is 2.57. The van der Waals surface area contributed by atoms with Crippen molar-refractivity contribution in [1.29, 1.82) is 0 Å². The van der Waals surface area contributed by atoms with E-state index in [-0.39, 0.29) is 17.3 Å². The molecule has 1 aromatic carbocycles. The minimum absolute atomic E-state index is 0.0384. The van der Waals surface area contributed by atoms with Crippen LogP contribution in [0.3, 0.4) is 0 Å². The average molecular weight is 442 g/mol. The van der Waals surface area contributed by atoms with Gasteiger partial charge in [0, 0.05) is 23.7 Å². The van der Waals surface area contributed by atoms with Gasteiger partial charge in [0.2, 0.25) is 17.7 Å². The molecule has 0 N–H and O–H groups in total. The number of amides is 1. The fourth-order valence-electron chi connectivity index (χ4n) is 4.59. The van der Waals surface area contributed by atoms with Crippen LogP contribution in [0.15, 0.2) is 28.7 Å². The molecule has 162 valence electrons. The third-order valence-electron chi connectivity index (χ3n) is 6.52. The van der Waals surface area contributed by atoms with Crippen molar-refractivity contribution in [2.24, 2.45) is 17.8 Å². The fraction of sp³-hybridized carbons (Fsp3) is 0.571. The molecule has 1 saturated heterocycles. The lowest BCUT2D eigenvalue weighted by molar-refractivity contribution is -0.187. The zero-order valence-electron chi connectivity index (χ0n) is 16.7. The van der Waals surface area contributed by atoms with Gasteiger partial charge in [0.25, 0.3) is 0 Å². The Balaban J connectivity index is 1.48. The first kappa shape index (κ1) is 21.2. The van der Waals surface area contributed by atoms with Crippen molar-refractivity contribution >= 4 is 17.5 Å². The van der Waals surface area contributed by atoms with Gasteiger partial charge in [-0.25, -0.2) is 0 Å². The summed E-state index contributed by atoms with van der Waals surface area (Å²) in [7, 11) is 0. The minimum atomic E-state index is -4.52. The van der Waals surface area contributed by atoms with E-state index < -0.39 is 18.0 Å². The summed E-state index contributed by atoms with van der Waals surface area (Å²) in [6.07, 6.45) is -2.10. The predicted molar refractivity (Wildman–Crippen MR) is 105 cm³/mol. The van der Waals surface area contributed by atoms with Crippen LogP contribution in [0.25, 0.3) is 11.5 Å². The van der Waals surface area contributed by atoms with E-state index in [4.69, 9.17) is 16.0 Å². The Bertz CT molecular complexity index is 924. The van der Waals surface area contributed by atoms with Gasteiger partial charge >= 0.3 is 6.18 Å². The van der Waals surface area contributed by atoms with Crippen molar-refractivity contribution in [1.82, 2.24) is 15.1 Å². The van der Waals surface area contributed by atoms with Crippen LogP contribution in [0.1, 0.15) is 39.0 Å². The van der Waals surface area contributed by atoms with Crippen LogP contribution in [-0.2, 0) is 10.2 Å². The molecule has 4 rings (SSSR count). The average Bonchev–Trinajstić information content (AvgIpc) is 3.35. The van der Waals surface area contributed by atoms with E-state index in [1.807, 2.05) is 19.1 Å². The lowest BCUT2D eigenvalue weighted by Crippen LogP contribution is -2.49. The van der Waals surface area contributed by atoms with E-state index in [1.54, 1.807) is 12.1 Å². The van der Waals surface area contributed by atoms with Crippen LogP contribution in [0.5, 0.6) is 0 Å². The van der Waals surface area contributed by atoms with Crippen LogP contribution >= 0.6 is 11.6 Å². The predicted octanol–water partition coefficient (Wildman–Crippen LogP) is 5.10. The lowest BCUT2D eigenvalue weighted by atomic mass is 9.75. The molecule has 2 aromatic rings. The molecule has 2 fully saturated rings. The standard InChI is InChI=1S/C21H23ClF3N3O2/c1-12-11-28(18(29)13(2)21(23,24)25)10-7-16(12)20(8-9-20)19-27-26-17(30-19)14-3-5-15(22)6-4-14/h3-6,12-13,16H,7-11H2,1-2H3/t12-,13+,16+/m1/s1. The number of piperidine rings is 1. The van der Waals surface area contributed by atoms with Gasteiger partial charge < -0.3 is 9.32 Å². The van der Waals surface area contributed by atoms with E-state index in [9.17, 15) is 18.0 Å². The number of aromatic nitrogens is 2. The van der Waals surface area contributed by atoms with Crippen molar-refractivity contribution in [2.75, 3.05) is 13.1 Å². The monoisotopic (exact) mass is 441 g/mol. The second-order valence-electron chi connectivity index (χ2n) is 8.50. The van der Waals surface area contributed by atoms with Gasteiger partial charge in [0.05, 0.1) is 5.41 Å². The Morgan fingerprint density at radius 1 is 1.27 bits per heavy atom. The number of nitrogens with zero attached hydrogens (tertiary/aromatic N) is 3. The van der Waals surface area contributed by atoms with Crippen LogP contribution in [0, 0.1) is 17.8 Å². The number of alkyl halides is 3. The largest absolute Gasteiger partial charge is 0.420 e. The number of hydrogen-bond donors (Lipinski definition) is 0. The molecular weight excluding hydrogens is 419 g/mol. The molecule has 2 aliphatic rings. The lowest BCUT2D eigenvalue weighted by Gasteiger charge is -2.41. The Hall–Kier alpha value is -2.09. The highest BCUT2D eigenvalue weighted by molar-refractivity contribution is 6.30. The second kappa shape index (κ2) is 7.55. The Morgan fingerprint density at radius 3 is 2.50 bits per heavy atom. The van der Waals surface area contributed by atoms with Crippen LogP contribution < -0.4 is 0 Å². The number of hydrogen-bond acceptors (Lipinski definition) is 4. The van der Waals surface area contributed by atoms with Gasteiger partial charge in [0.1, 0.15) is 5.92 Å². The fourth-order valence-corrected chi connectivity index (χ4v) is 4.72. The molecule has 2 heterocycles. The van der Waals surface area contributed by atoms with Crippen molar-refractivity contribution in [3.8, 4) is 11.5 Å². The summed E-state index contributed by atoms with van der Waals surface area (Å²) >= 11 is 5.93. The number of halogens is 4. The minimum Gasteiger partial charge on any atom is -0.420 e. The van der Waals surface area contributed by atoms with Crippen LogP contribution in [-0.4, -0.2) is 40.3 Å². The smallest absolute Gasteiger partial charge is 0.400 e. The molecule has 0 unspecified atom stereocenters. The molecule has 9 heteroatoms. The Kier molecular flexibility index (Phi) is 5.33. The Labute approximate surface area is 177 Å². The van der Waals surface area contributed by atoms with E-state index >= 15 is 0 Å². The molecule has 1 saturated carbocycles. The molecule has 5 nitrogen and oxygen atoms in total. The first-order valence-corrected chi connectivity index (χ1v) is 10.4. The zero-order chi connectivity index (χ0) is 21.7. The topological polar surface area (TPSA) is 59.2 Å². The molecule has 1 aromatic heterocycles. The number of carbonyl (C=O) groups excluding carboxylic acids is 1. The molecule has 0 spiro atoms. The summed E-state index contributed by atoms with van der Waals surface area (Å²) in [5, 5.41) is 9.10. The zero-order valence-corrected chi connectivity index (χ0v) is 17.5. The molecule has 0 bridgehead atoms. The molecular formula is C21H23ClF3N3O2. The highest BCUT2D eigenvalue weighted by Crippen LogP contribution is 2.58. The van der Waals surface area contributed by atoms with E-state index in [0.29, 0.717) is 36.3 Å². The molecule has 30 heavy (non-hydrogen) atoms. The maximum Gasteiger partial charge on any atom is 0.400 e. The number of benzene rings is 1. The first-order chi connectivity index (χ1) is 14.1. The maximum atomic E-state index is 12.9. The molecule has 3 atom stereocenters. The first-order valence-electron chi connectivity index (χ1n) is 10.1. The second-order valence-corrected chi connectivity index (χ2v) is 8.93. The summed E-state index contributed by atoms with van der Waals surface area (Å²) in [5.41, 5.74) is 0.533. The third kappa shape index (κ3) is 3.82. The number of carbonyl (C=O) groups is 1. The SMILES string of the molecule is C[C@@H]1CN(C(=O)[C@H](C)C(F)(F)F)CC[C@@H]1C1(c2nnc(-c3ccc(Cl)cc3)o2)CC1. The van der Waals surface area contributed by atoms with Gasteiger partial charge in [-0.1, -0.05) is 18.5 Å². The summed E-state index contributed by atoms with van der Waals surface area (Å²) in [6, 6.07) is 7.14. The molecule has 1 aliphatic carbocycles. The van der Waals surface area contributed by atoms with Crippen LogP contribution in [0.4, 0.5) is 13.2 Å². The van der Waals surface area contributed by atoms with Crippen molar-refractivity contribution < 1.29 is 22.4 Å². The quantitative estimate of drug-likeness (QED) is 0.662. The summed E-state index contributed by atoms with van der Waals surface area (Å²) in [4.78, 5) is 13.6.